The van der Waals surface area contributed by atoms with Gasteiger partial charge in [0.05, 0.1) is 13.2 Å². The average Bonchev–Trinajstić information content (AvgIpc) is 2.94. The molecule has 0 amide bonds. The lowest BCUT2D eigenvalue weighted by atomic mass is 10.2. The lowest BCUT2D eigenvalue weighted by molar-refractivity contribution is 0.130. The van der Waals surface area contributed by atoms with Crippen molar-refractivity contribution in [1.82, 2.24) is 5.32 Å². The van der Waals surface area contributed by atoms with Crippen molar-refractivity contribution in [3.05, 3.63) is 65.6 Å². The molecule has 0 aliphatic rings. The molecule has 0 bridgehead atoms. The van der Waals surface area contributed by atoms with Gasteiger partial charge in [0.15, 0.2) is 0 Å². The number of hydrogen-bond donors (Lipinski definition) is 1. The summed E-state index contributed by atoms with van der Waals surface area (Å²) in [4.78, 5) is 0. The fourth-order valence-electron chi connectivity index (χ4n) is 1.82. The second kappa shape index (κ2) is 8.35. The molecular weight excluding hydrogens is 250 g/mol. The van der Waals surface area contributed by atoms with Crippen molar-refractivity contribution in [1.29, 1.82) is 0 Å². The average molecular weight is 271 g/mol. The molecule has 0 radical (unpaired) electrons. The lowest BCUT2D eigenvalue weighted by Crippen LogP contribution is -2.10. The van der Waals surface area contributed by atoms with Gasteiger partial charge in [-0.25, -0.2) is 0 Å². The van der Waals surface area contributed by atoms with Gasteiger partial charge < -0.3 is 14.5 Å². The van der Waals surface area contributed by atoms with Crippen molar-refractivity contribution >= 4 is 6.08 Å². The van der Waals surface area contributed by atoms with E-state index in [2.05, 4.69) is 30.4 Å². The van der Waals surface area contributed by atoms with Crippen molar-refractivity contribution in [3.8, 4) is 0 Å². The third-order valence-electron chi connectivity index (χ3n) is 2.83. The van der Waals surface area contributed by atoms with Gasteiger partial charge in [0.25, 0.3) is 0 Å². The normalized spacial score (nSPS) is 11.2. The molecule has 2 aromatic rings. The van der Waals surface area contributed by atoms with E-state index in [0.29, 0.717) is 13.2 Å². The maximum Gasteiger partial charge on any atom is 0.129 e. The molecule has 0 unspecified atom stereocenters. The molecule has 0 aliphatic carbocycles. The quantitative estimate of drug-likeness (QED) is 0.745. The molecule has 3 heteroatoms. The second-order valence-corrected chi connectivity index (χ2v) is 4.48. The van der Waals surface area contributed by atoms with Crippen LogP contribution in [0, 0.1) is 0 Å². The fourth-order valence-corrected chi connectivity index (χ4v) is 1.82. The van der Waals surface area contributed by atoms with Gasteiger partial charge in [-0.1, -0.05) is 49.4 Å². The molecule has 0 fully saturated rings. The van der Waals surface area contributed by atoms with E-state index in [-0.39, 0.29) is 0 Å². The summed E-state index contributed by atoms with van der Waals surface area (Å²) in [6, 6.07) is 14.1. The molecular formula is C17H21NO2. The first-order chi connectivity index (χ1) is 9.88. The van der Waals surface area contributed by atoms with Crippen molar-refractivity contribution in [2.45, 2.75) is 20.1 Å². The Morgan fingerprint density at radius 2 is 1.90 bits per heavy atom. The number of benzene rings is 1. The fraction of sp³-hybridized carbons (Fsp3) is 0.294. The van der Waals surface area contributed by atoms with Gasteiger partial charge >= 0.3 is 0 Å². The maximum atomic E-state index is 5.64. The number of hydrogen-bond acceptors (Lipinski definition) is 3. The van der Waals surface area contributed by atoms with Crippen molar-refractivity contribution in [2.24, 2.45) is 0 Å². The van der Waals surface area contributed by atoms with Crippen LogP contribution >= 0.6 is 0 Å². The predicted molar refractivity (Wildman–Crippen MR) is 81.2 cm³/mol. The molecule has 1 aromatic carbocycles. The molecule has 0 saturated heterocycles. The highest BCUT2D eigenvalue weighted by Crippen LogP contribution is 2.09. The molecule has 0 saturated carbocycles. The van der Waals surface area contributed by atoms with E-state index in [1.165, 1.54) is 5.56 Å². The molecule has 0 spiro atoms. The molecule has 1 heterocycles. The smallest absolute Gasteiger partial charge is 0.129 e. The largest absolute Gasteiger partial charge is 0.462 e. The van der Waals surface area contributed by atoms with Crippen LogP contribution in [0.2, 0.25) is 0 Å². The van der Waals surface area contributed by atoms with Gasteiger partial charge in [0.1, 0.15) is 18.1 Å². The van der Waals surface area contributed by atoms with E-state index in [1.54, 1.807) is 0 Å². The molecule has 20 heavy (non-hydrogen) atoms. The molecule has 106 valence electrons. The van der Waals surface area contributed by atoms with Crippen LogP contribution in [0.5, 0.6) is 0 Å². The van der Waals surface area contributed by atoms with Crippen molar-refractivity contribution in [3.63, 3.8) is 0 Å². The summed E-state index contributed by atoms with van der Waals surface area (Å²) < 4.78 is 11.2. The number of ether oxygens (including phenoxy) is 1. The third-order valence-corrected chi connectivity index (χ3v) is 2.83. The summed E-state index contributed by atoms with van der Waals surface area (Å²) in [5, 5.41) is 3.23. The number of nitrogens with one attached hydrogen (secondary N) is 1. The highest BCUT2D eigenvalue weighted by Gasteiger charge is 2.00. The van der Waals surface area contributed by atoms with E-state index in [4.69, 9.17) is 9.15 Å². The Morgan fingerprint density at radius 1 is 1.10 bits per heavy atom. The van der Waals surface area contributed by atoms with Gasteiger partial charge in [-0.2, -0.15) is 0 Å². The van der Waals surface area contributed by atoms with E-state index in [1.807, 2.05) is 36.4 Å². The van der Waals surface area contributed by atoms with Gasteiger partial charge in [-0.15, -0.1) is 0 Å². The number of rotatable bonds is 8. The van der Waals surface area contributed by atoms with Crippen LogP contribution in [0.25, 0.3) is 6.08 Å². The molecule has 0 aliphatic heterocycles. The molecule has 0 atom stereocenters. The zero-order valence-corrected chi connectivity index (χ0v) is 11.8. The minimum atomic E-state index is 0.505. The lowest BCUT2D eigenvalue weighted by Gasteiger charge is -1.99. The van der Waals surface area contributed by atoms with Gasteiger partial charge in [0.2, 0.25) is 0 Å². The predicted octanol–water partition coefficient (Wildman–Crippen LogP) is 3.62. The van der Waals surface area contributed by atoms with Gasteiger partial charge in [-0.3, -0.25) is 0 Å². The number of furan rings is 1. The van der Waals surface area contributed by atoms with Crippen molar-refractivity contribution < 1.29 is 9.15 Å². The third kappa shape index (κ3) is 5.03. The Bertz CT molecular complexity index is 517. The van der Waals surface area contributed by atoms with Crippen LogP contribution in [-0.2, 0) is 17.9 Å². The van der Waals surface area contributed by atoms with Crippen LogP contribution in [0.1, 0.15) is 24.0 Å². The summed E-state index contributed by atoms with van der Waals surface area (Å²) >= 11 is 0. The summed E-state index contributed by atoms with van der Waals surface area (Å²) in [6.45, 7) is 4.87. The highest BCUT2D eigenvalue weighted by atomic mass is 16.5. The first-order valence-corrected chi connectivity index (χ1v) is 6.96. The zero-order valence-electron chi connectivity index (χ0n) is 11.8. The summed E-state index contributed by atoms with van der Waals surface area (Å²) in [6.07, 6.45) is 4.07. The Labute approximate surface area is 120 Å². The van der Waals surface area contributed by atoms with Crippen LogP contribution in [0.4, 0.5) is 0 Å². The maximum absolute atomic E-state index is 5.64. The highest BCUT2D eigenvalue weighted by molar-refractivity contribution is 5.48. The van der Waals surface area contributed by atoms with E-state index < -0.39 is 0 Å². The summed E-state index contributed by atoms with van der Waals surface area (Å²) in [5.41, 5.74) is 1.18. The zero-order chi connectivity index (χ0) is 14.0. The summed E-state index contributed by atoms with van der Waals surface area (Å²) in [7, 11) is 0. The molecule has 1 N–H and O–H groups in total. The minimum Gasteiger partial charge on any atom is -0.462 e. The topological polar surface area (TPSA) is 34.4 Å². The van der Waals surface area contributed by atoms with Crippen LogP contribution in [0.3, 0.4) is 0 Å². The van der Waals surface area contributed by atoms with Crippen LogP contribution < -0.4 is 5.32 Å². The van der Waals surface area contributed by atoms with E-state index in [9.17, 15) is 0 Å². The standard InChI is InChI=1S/C17H21NO2/c1-2-18-13-16-10-11-17(20-16)14-19-12-6-9-15-7-4-3-5-8-15/h3-11,18H,2,12-14H2,1H3. The monoisotopic (exact) mass is 271 g/mol. The van der Waals surface area contributed by atoms with E-state index in [0.717, 1.165) is 24.6 Å². The second-order valence-electron chi connectivity index (χ2n) is 4.48. The van der Waals surface area contributed by atoms with Crippen LogP contribution in [-0.4, -0.2) is 13.2 Å². The van der Waals surface area contributed by atoms with Crippen molar-refractivity contribution in [2.75, 3.05) is 13.2 Å². The SMILES string of the molecule is CCNCc1ccc(COCC=Cc2ccccc2)o1. The van der Waals surface area contributed by atoms with Crippen LogP contribution in [0.15, 0.2) is 53.0 Å². The first kappa shape index (κ1) is 14.6. The molecule has 1 aromatic heterocycles. The van der Waals surface area contributed by atoms with Gasteiger partial charge in [0, 0.05) is 0 Å². The molecule has 3 nitrogen and oxygen atoms in total. The Hall–Kier alpha value is -1.84. The summed E-state index contributed by atoms with van der Waals surface area (Å²) in [5.74, 6) is 1.82. The van der Waals surface area contributed by atoms with Gasteiger partial charge in [-0.05, 0) is 24.2 Å². The van der Waals surface area contributed by atoms with E-state index >= 15 is 0 Å². The Morgan fingerprint density at radius 3 is 2.70 bits per heavy atom. The Balaban J connectivity index is 1.68. The Kier molecular flexibility index (Phi) is 6.08. The molecule has 2 rings (SSSR count). The minimum absolute atomic E-state index is 0.505. The first-order valence-electron chi connectivity index (χ1n) is 6.96.